The van der Waals surface area contributed by atoms with Crippen LogP contribution in [0.2, 0.25) is 0 Å². The first-order valence-corrected chi connectivity index (χ1v) is 9.74. The van der Waals surface area contributed by atoms with E-state index in [1.807, 2.05) is 20.0 Å². The molecule has 0 saturated heterocycles. The van der Waals surface area contributed by atoms with Gasteiger partial charge < -0.3 is 10.6 Å². The lowest BCUT2D eigenvalue weighted by Crippen LogP contribution is -2.46. The van der Waals surface area contributed by atoms with Crippen LogP contribution in [0, 0.1) is 5.82 Å². The highest BCUT2D eigenvalue weighted by Crippen LogP contribution is 2.39. The summed E-state index contributed by atoms with van der Waals surface area (Å²) >= 11 is 0. The Labute approximate surface area is 160 Å². The third-order valence-electron chi connectivity index (χ3n) is 5.37. The first kappa shape index (κ1) is 19.3. The van der Waals surface area contributed by atoms with Crippen molar-refractivity contribution in [3.63, 3.8) is 0 Å². The second-order valence-electron chi connectivity index (χ2n) is 7.20. The Bertz CT molecular complexity index is 763. The largest absolute Gasteiger partial charge is 0.357 e. The van der Waals surface area contributed by atoms with E-state index in [0.717, 1.165) is 43.3 Å². The van der Waals surface area contributed by atoms with Gasteiger partial charge in [-0.25, -0.2) is 14.4 Å². The molecule has 0 bridgehead atoms. The summed E-state index contributed by atoms with van der Waals surface area (Å²) in [7, 11) is 1.86. The van der Waals surface area contributed by atoms with Gasteiger partial charge in [-0.1, -0.05) is 31.4 Å². The number of hydrogen-bond donors (Lipinski definition) is 2. The highest BCUT2D eigenvalue weighted by molar-refractivity contribution is 5.79. The van der Waals surface area contributed by atoms with Crippen LogP contribution in [0.1, 0.15) is 50.4 Å². The molecule has 1 fully saturated rings. The van der Waals surface area contributed by atoms with Gasteiger partial charge in [0.05, 0.1) is 0 Å². The van der Waals surface area contributed by atoms with Gasteiger partial charge in [-0.2, -0.15) is 5.10 Å². The summed E-state index contributed by atoms with van der Waals surface area (Å²) in [5.74, 6) is 1.40. The lowest BCUT2D eigenvalue weighted by atomic mass is 9.69. The molecule has 1 aromatic heterocycles. The second kappa shape index (κ2) is 8.97. The maximum absolute atomic E-state index is 13.9. The van der Waals surface area contributed by atoms with E-state index < -0.39 is 0 Å². The molecular formula is C20H29FN6. The minimum absolute atomic E-state index is 0.0542. The van der Waals surface area contributed by atoms with Gasteiger partial charge in [0.2, 0.25) is 0 Å². The molecule has 1 heterocycles. The van der Waals surface area contributed by atoms with Crippen molar-refractivity contribution in [3.8, 4) is 0 Å². The summed E-state index contributed by atoms with van der Waals surface area (Å²) in [5.41, 5.74) is 1.03. The Morgan fingerprint density at radius 2 is 2.07 bits per heavy atom. The maximum atomic E-state index is 13.9. The summed E-state index contributed by atoms with van der Waals surface area (Å²) < 4.78 is 15.6. The van der Waals surface area contributed by atoms with E-state index in [1.165, 1.54) is 31.7 Å². The van der Waals surface area contributed by atoms with Crippen molar-refractivity contribution < 1.29 is 4.39 Å². The van der Waals surface area contributed by atoms with Crippen LogP contribution >= 0.6 is 0 Å². The van der Waals surface area contributed by atoms with Gasteiger partial charge in [0.1, 0.15) is 24.5 Å². The van der Waals surface area contributed by atoms with E-state index in [2.05, 4.69) is 31.8 Å². The molecule has 6 nitrogen and oxygen atoms in total. The monoisotopic (exact) mass is 372 g/mol. The summed E-state index contributed by atoms with van der Waals surface area (Å²) in [6.07, 6.45) is 7.25. The zero-order valence-corrected chi connectivity index (χ0v) is 16.2. The van der Waals surface area contributed by atoms with E-state index in [4.69, 9.17) is 0 Å². The standard InChI is InChI=1S/C20H29FN6/c1-3-22-19(23-13-18-25-15-26-27(18)2)24-14-20(10-5-4-6-11-20)16-8-7-9-17(21)12-16/h7-9,12,15H,3-6,10-11,13-14H2,1-2H3,(H2,22,23,24). The van der Waals surface area contributed by atoms with E-state index >= 15 is 0 Å². The van der Waals surface area contributed by atoms with Gasteiger partial charge in [-0.05, 0) is 37.5 Å². The van der Waals surface area contributed by atoms with E-state index in [0.29, 0.717) is 6.54 Å². The van der Waals surface area contributed by atoms with E-state index in [1.54, 1.807) is 10.7 Å². The van der Waals surface area contributed by atoms with Crippen LogP contribution in [0.25, 0.3) is 0 Å². The lowest BCUT2D eigenvalue weighted by Gasteiger charge is -2.38. The SMILES string of the molecule is CCNC(=NCc1ncnn1C)NCC1(c2cccc(F)c2)CCCCC1. The Morgan fingerprint density at radius 1 is 1.26 bits per heavy atom. The third kappa shape index (κ3) is 4.84. The summed E-state index contributed by atoms with van der Waals surface area (Å²) in [6.45, 7) is 4.01. The number of benzene rings is 1. The van der Waals surface area contributed by atoms with Gasteiger partial charge in [-0.3, -0.25) is 4.68 Å². The van der Waals surface area contributed by atoms with Crippen molar-refractivity contribution >= 4 is 5.96 Å². The Morgan fingerprint density at radius 3 is 2.74 bits per heavy atom. The average Bonchev–Trinajstić information content (AvgIpc) is 3.09. The van der Waals surface area contributed by atoms with Crippen LogP contribution in [-0.2, 0) is 19.0 Å². The quantitative estimate of drug-likeness (QED) is 0.604. The molecule has 27 heavy (non-hydrogen) atoms. The van der Waals surface area contributed by atoms with Crippen LogP contribution in [0.5, 0.6) is 0 Å². The highest BCUT2D eigenvalue weighted by Gasteiger charge is 2.34. The second-order valence-corrected chi connectivity index (χ2v) is 7.20. The highest BCUT2D eigenvalue weighted by atomic mass is 19.1. The fourth-order valence-corrected chi connectivity index (χ4v) is 3.82. The molecule has 0 radical (unpaired) electrons. The van der Waals surface area contributed by atoms with Crippen molar-refractivity contribution in [2.75, 3.05) is 13.1 Å². The summed E-state index contributed by atoms with van der Waals surface area (Å²) in [6, 6.07) is 7.07. The fraction of sp³-hybridized carbons (Fsp3) is 0.550. The number of aliphatic imine (C=N–C) groups is 1. The molecular weight excluding hydrogens is 343 g/mol. The number of nitrogens with zero attached hydrogens (tertiary/aromatic N) is 4. The Hall–Kier alpha value is -2.44. The Kier molecular flexibility index (Phi) is 6.42. The molecule has 3 rings (SSSR count). The first-order chi connectivity index (χ1) is 13.1. The lowest BCUT2D eigenvalue weighted by molar-refractivity contribution is 0.290. The number of nitrogens with one attached hydrogen (secondary N) is 2. The number of guanidine groups is 1. The van der Waals surface area contributed by atoms with Crippen LogP contribution in [0.4, 0.5) is 4.39 Å². The first-order valence-electron chi connectivity index (χ1n) is 9.74. The molecule has 1 aromatic carbocycles. The predicted molar refractivity (Wildman–Crippen MR) is 105 cm³/mol. The molecule has 0 atom stereocenters. The summed E-state index contributed by atoms with van der Waals surface area (Å²) in [4.78, 5) is 8.86. The number of halogens is 1. The number of hydrogen-bond acceptors (Lipinski definition) is 3. The topological polar surface area (TPSA) is 67.1 Å². The fourth-order valence-electron chi connectivity index (χ4n) is 3.82. The van der Waals surface area contributed by atoms with Crippen LogP contribution in [0.15, 0.2) is 35.6 Å². The zero-order chi connectivity index (χ0) is 19.1. The molecule has 1 aliphatic rings. The van der Waals surface area contributed by atoms with Crippen molar-refractivity contribution in [2.24, 2.45) is 12.0 Å². The maximum Gasteiger partial charge on any atom is 0.191 e. The molecule has 0 unspecified atom stereocenters. The minimum Gasteiger partial charge on any atom is -0.357 e. The summed E-state index contributed by atoms with van der Waals surface area (Å²) in [5, 5.41) is 10.9. The van der Waals surface area contributed by atoms with Crippen molar-refractivity contribution in [3.05, 3.63) is 47.8 Å². The van der Waals surface area contributed by atoms with Crippen molar-refractivity contribution in [2.45, 2.75) is 51.0 Å². The van der Waals surface area contributed by atoms with Gasteiger partial charge in [0.15, 0.2) is 5.96 Å². The molecule has 0 amide bonds. The minimum atomic E-state index is -0.166. The number of aromatic nitrogens is 3. The number of rotatable bonds is 6. The molecule has 2 N–H and O–H groups in total. The molecule has 0 aliphatic heterocycles. The molecule has 0 spiro atoms. The zero-order valence-electron chi connectivity index (χ0n) is 16.2. The molecule has 7 heteroatoms. The molecule has 146 valence electrons. The van der Waals surface area contributed by atoms with Crippen molar-refractivity contribution in [1.29, 1.82) is 0 Å². The van der Waals surface area contributed by atoms with E-state index in [-0.39, 0.29) is 11.2 Å². The smallest absolute Gasteiger partial charge is 0.191 e. The predicted octanol–water partition coefficient (Wildman–Crippen LogP) is 2.91. The number of aryl methyl sites for hydroxylation is 1. The molecule has 1 aliphatic carbocycles. The van der Waals surface area contributed by atoms with Gasteiger partial charge in [0, 0.05) is 25.6 Å². The van der Waals surface area contributed by atoms with Crippen LogP contribution in [0.3, 0.4) is 0 Å². The molecule has 2 aromatic rings. The van der Waals surface area contributed by atoms with Gasteiger partial charge in [-0.15, -0.1) is 0 Å². The average molecular weight is 372 g/mol. The van der Waals surface area contributed by atoms with E-state index in [9.17, 15) is 4.39 Å². The normalized spacial score (nSPS) is 16.9. The van der Waals surface area contributed by atoms with Crippen molar-refractivity contribution in [1.82, 2.24) is 25.4 Å². The third-order valence-corrected chi connectivity index (χ3v) is 5.37. The van der Waals surface area contributed by atoms with Gasteiger partial charge in [0.25, 0.3) is 0 Å². The van der Waals surface area contributed by atoms with Gasteiger partial charge >= 0.3 is 0 Å². The molecule has 1 saturated carbocycles. The van der Waals surface area contributed by atoms with Crippen LogP contribution in [-0.4, -0.2) is 33.8 Å². The Balaban J connectivity index is 1.75. The van der Waals surface area contributed by atoms with Crippen LogP contribution < -0.4 is 10.6 Å².